The molecule has 0 N–H and O–H groups in total. The van der Waals surface area contributed by atoms with E-state index < -0.39 is 0 Å². The minimum atomic E-state index is -0.0989. The number of benzene rings is 9. The van der Waals surface area contributed by atoms with Crippen molar-refractivity contribution in [1.29, 1.82) is 0 Å². The number of fused-ring (bicyclic) bond motifs is 11. The van der Waals surface area contributed by atoms with Crippen LogP contribution in [-0.4, -0.2) is 0 Å². The highest BCUT2D eigenvalue weighted by Gasteiger charge is 2.37. The van der Waals surface area contributed by atoms with Gasteiger partial charge in [-0.15, -0.1) is 0 Å². The minimum absolute atomic E-state index is 0.0485. The third-order valence-electron chi connectivity index (χ3n) is 12.8. The van der Waals surface area contributed by atoms with Crippen molar-refractivity contribution in [3.63, 3.8) is 0 Å². The Morgan fingerprint density at radius 2 is 0.873 bits per heavy atom. The quantitative estimate of drug-likeness (QED) is 0.165. The first kappa shape index (κ1) is 32.0. The Labute approximate surface area is 323 Å². The fraction of sp³-hybridized carbons (Fsp3) is 0.111. The Hall–Kier alpha value is -6.44. The Bertz CT molecular complexity index is 3030. The van der Waals surface area contributed by atoms with Crippen LogP contribution < -0.4 is 4.90 Å². The summed E-state index contributed by atoms with van der Waals surface area (Å²) in [5.41, 5.74) is 16.7. The van der Waals surface area contributed by atoms with Gasteiger partial charge in [0.15, 0.2) is 0 Å². The van der Waals surface area contributed by atoms with E-state index in [0.29, 0.717) is 0 Å². The molecule has 0 saturated heterocycles. The fourth-order valence-electron chi connectivity index (χ4n) is 10.0. The lowest BCUT2D eigenvalue weighted by Gasteiger charge is -2.29. The number of nitrogens with zero attached hydrogens (tertiary/aromatic N) is 1. The average molecular weight is 704 g/mol. The summed E-state index contributed by atoms with van der Waals surface area (Å²) in [7, 11) is 0. The van der Waals surface area contributed by atoms with Crippen LogP contribution in [-0.2, 0) is 10.8 Å². The maximum Gasteiger partial charge on any atom is 0.0468 e. The number of anilines is 3. The lowest BCUT2D eigenvalue weighted by molar-refractivity contribution is 0.660. The van der Waals surface area contributed by atoms with Crippen LogP contribution >= 0.6 is 0 Å². The second kappa shape index (κ2) is 11.5. The molecule has 0 saturated carbocycles. The van der Waals surface area contributed by atoms with Gasteiger partial charge in [0, 0.05) is 27.9 Å². The Balaban J connectivity index is 1.11. The zero-order valence-electron chi connectivity index (χ0n) is 31.7. The summed E-state index contributed by atoms with van der Waals surface area (Å²) in [5.74, 6) is 0. The standard InChI is InChI=1S/C54H41N/c1-53(2)49-20-12-10-18-43(49)47-32-38(27-30-50(47)53)55(39-26-29-44-42-17-9-11-19-48(42)54(3,4)51(44)33-39)37-24-21-35(22-25-37)46-31-36-14-6-7-15-40(36)45-28-23-34-13-5-8-16-41(34)52(45)46/h5-33H,1-4H3. The van der Waals surface area contributed by atoms with E-state index >= 15 is 0 Å². The predicted molar refractivity (Wildman–Crippen MR) is 234 cm³/mol. The molecule has 1 heteroatoms. The topological polar surface area (TPSA) is 3.24 Å². The van der Waals surface area contributed by atoms with Crippen LogP contribution in [0.2, 0.25) is 0 Å². The normalized spacial score (nSPS) is 14.5. The SMILES string of the molecule is CC1(C)c2ccccc2-c2cc(N(c3ccc(-c4cc5ccccc5c5ccc6ccccc6c45)cc3)c3ccc4c(c3)C(C)(C)c3ccccc3-4)ccc21. The van der Waals surface area contributed by atoms with E-state index in [1.807, 2.05) is 0 Å². The van der Waals surface area contributed by atoms with Crippen LogP contribution in [0.25, 0.3) is 65.7 Å². The van der Waals surface area contributed by atoms with Gasteiger partial charge >= 0.3 is 0 Å². The first-order chi connectivity index (χ1) is 26.8. The van der Waals surface area contributed by atoms with E-state index in [0.717, 1.165) is 11.4 Å². The van der Waals surface area contributed by atoms with Crippen LogP contribution in [0, 0.1) is 0 Å². The van der Waals surface area contributed by atoms with Crippen molar-refractivity contribution in [1.82, 2.24) is 0 Å². The lowest BCUT2D eigenvalue weighted by atomic mass is 9.82. The maximum absolute atomic E-state index is 2.46. The molecule has 0 aliphatic heterocycles. The zero-order chi connectivity index (χ0) is 37.1. The first-order valence-corrected chi connectivity index (χ1v) is 19.5. The van der Waals surface area contributed by atoms with Crippen molar-refractivity contribution in [2.45, 2.75) is 38.5 Å². The number of rotatable bonds is 4. The molecule has 0 unspecified atom stereocenters. The Kier molecular flexibility index (Phi) is 6.72. The summed E-state index contributed by atoms with van der Waals surface area (Å²) in [6.07, 6.45) is 0. The molecule has 1 nitrogen and oxygen atoms in total. The van der Waals surface area contributed by atoms with Crippen LogP contribution in [0.3, 0.4) is 0 Å². The fourth-order valence-corrected chi connectivity index (χ4v) is 10.0. The van der Waals surface area contributed by atoms with Gasteiger partial charge in [0.25, 0.3) is 0 Å². The van der Waals surface area contributed by atoms with Crippen molar-refractivity contribution in [3.8, 4) is 33.4 Å². The summed E-state index contributed by atoms with van der Waals surface area (Å²) in [6, 6.07) is 65.9. The van der Waals surface area contributed by atoms with Gasteiger partial charge in [-0.25, -0.2) is 0 Å². The molecule has 0 amide bonds. The highest BCUT2D eigenvalue weighted by atomic mass is 15.1. The van der Waals surface area contributed by atoms with Crippen LogP contribution in [0.1, 0.15) is 49.9 Å². The van der Waals surface area contributed by atoms with E-state index in [-0.39, 0.29) is 10.8 Å². The molecule has 0 fully saturated rings. The van der Waals surface area contributed by atoms with Gasteiger partial charge in [0.05, 0.1) is 0 Å². The van der Waals surface area contributed by atoms with Gasteiger partial charge in [-0.1, -0.05) is 161 Å². The summed E-state index contributed by atoms with van der Waals surface area (Å²) in [4.78, 5) is 2.46. The van der Waals surface area contributed by atoms with Gasteiger partial charge in [-0.2, -0.15) is 0 Å². The Morgan fingerprint density at radius 3 is 1.64 bits per heavy atom. The Morgan fingerprint density at radius 1 is 0.327 bits per heavy atom. The van der Waals surface area contributed by atoms with E-state index in [4.69, 9.17) is 0 Å². The van der Waals surface area contributed by atoms with Gasteiger partial charge < -0.3 is 4.90 Å². The van der Waals surface area contributed by atoms with Crippen LogP contribution in [0.5, 0.6) is 0 Å². The van der Waals surface area contributed by atoms with Gasteiger partial charge in [0.2, 0.25) is 0 Å². The molecule has 2 aliphatic carbocycles. The largest absolute Gasteiger partial charge is 0.310 e. The van der Waals surface area contributed by atoms with Crippen molar-refractivity contribution in [2.24, 2.45) is 0 Å². The summed E-state index contributed by atoms with van der Waals surface area (Å²) < 4.78 is 0. The summed E-state index contributed by atoms with van der Waals surface area (Å²) in [6.45, 7) is 9.45. The van der Waals surface area contributed by atoms with E-state index in [1.54, 1.807) is 0 Å². The van der Waals surface area contributed by atoms with Crippen molar-refractivity contribution < 1.29 is 0 Å². The number of hydrogen-bond acceptors (Lipinski definition) is 1. The average Bonchev–Trinajstić information content (AvgIpc) is 3.60. The highest BCUT2D eigenvalue weighted by Crippen LogP contribution is 2.53. The third-order valence-corrected chi connectivity index (χ3v) is 12.8. The molecule has 262 valence electrons. The maximum atomic E-state index is 2.46. The summed E-state index contributed by atoms with van der Waals surface area (Å²) >= 11 is 0. The molecule has 0 heterocycles. The van der Waals surface area contributed by atoms with Crippen molar-refractivity contribution >= 4 is 49.4 Å². The smallest absolute Gasteiger partial charge is 0.0468 e. The second-order valence-electron chi connectivity index (χ2n) is 16.5. The summed E-state index contributed by atoms with van der Waals surface area (Å²) in [5, 5.41) is 7.70. The van der Waals surface area contributed by atoms with Gasteiger partial charge in [0.1, 0.15) is 0 Å². The molecule has 11 rings (SSSR count). The zero-order valence-corrected chi connectivity index (χ0v) is 31.7. The molecule has 0 spiro atoms. The molecular weight excluding hydrogens is 663 g/mol. The second-order valence-corrected chi connectivity index (χ2v) is 16.5. The van der Waals surface area contributed by atoms with E-state index in [1.165, 1.54) is 93.6 Å². The minimum Gasteiger partial charge on any atom is -0.310 e. The lowest BCUT2D eigenvalue weighted by Crippen LogP contribution is -2.17. The monoisotopic (exact) mass is 703 g/mol. The van der Waals surface area contributed by atoms with E-state index in [9.17, 15) is 0 Å². The predicted octanol–water partition coefficient (Wildman–Crippen LogP) is 14.9. The molecule has 0 atom stereocenters. The van der Waals surface area contributed by atoms with Gasteiger partial charge in [-0.05, 0) is 130 Å². The number of hydrogen-bond donors (Lipinski definition) is 0. The van der Waals surface area contributed by atoms with Gasteiger partial charge in [-0.3, -0.25) is 0 Å². The van der Waals surface area contributed by atoms with E-state index in [2.05, 4.69) is 209 Å². The molecule has 55 heavy (non-hydrogen) atoms. The van der Waals surface area contributed by atoms with Crippen LogP contribution in [0.15, 0.2) is 176 Å². The molecule has 9 aromatic carbocycles. The van der Waals surface area contributed by atoms with Crippen molar-refractivity contribution in [3.05, 3.63) is 198 Å². The molecule has 0 aromatic heterocycles. The van der Waals surface area contributed by atoms with Crippen molar-refractivity contribution in [2.75, 3.05) is 4.90 Å². The third kappa shape index (κ3) is 4.60. The molecule has 0 bridgehead atoms. The van der Waals surface area contributed by atoms with Crippen LogP contribution in [0.4, 0.5) is 17.1 Å². The molecule has 2 aliphatic rings. The molecule has 9 aromatic rings. The molecular formula is C54H41N. The molecule has 0 radical (unpaired) electrons. The first-order valence-electron chi connectivity index (χ1n) is 19.5. The highest BCUT2D eigenvalue weighted by molar-refractivity contribution is 6.23.